The van der Waals surface area contributed by atoms with Gasteiger partial charge in [-0.05, 0) is 24.3 Å². The van der Waals surface area contributed by atoms with Crippen molar-refractivity contribution in [3.63, 3.8) is 0 Å². The molecule has 0 radical (unpaired) electrons. The fourth-order valence-electron chi connectivity index (χ4n) is 3.08. The highest BCUT2D eigenvalue weighted by molar-refractivity contribution is 7.85. The minimum Gasteiger partial charge on any atom is -0.440 e. The molecular formula is C19H9F5O5S. The molecule has 0 aliphatic carbocycles. The number of ether oxygens (including phenoxy) is 2. The largest absolute Gasteiger partial charge is 0.440 e. The lowest BCUT2D eigenvalue weighted by molar-refractivity contribution is -0.0516. The first-order valence-electron chi connectivity index (χ1n) is 8.11. The van der Waals surface area contributed by atoms with E-state index in [1.165, 1.54) is 0 Å². The van der Waals surface area contributed by atoms with Crippen molar-refractivity contribution >= 4 is 10.1 Å². The van der Waals surface area contributed by atoms with Gasteiger partial charge in [-0.2, -0.15) is 8.42 Å². The second kappa shape index (κ2) is 6.67. The van der Waals surface area contributed by atoms with E-state index < -0.39 is 72.5 Å². The van der Waals surface area contributed by atoms with E-state index in [2.05, 4.69) is 0 Å². The number of benzene rings is 3. The van der Waals surface area contributed by atoms with Crippen molar-refractivity contribution in [1.82, 2.24) is 0 Å². The van der Waals surface area contributed by atoms with E-state index in [9.17, 15) is 30.4 Å². The third kappa shape index (κ3) is 3.15. The molecule has 5 nitrogen and oxygen atoms in total. The van der Waals surface area contributed by atoms with E-state index in [0.29, 0.717) is 24.3 Å². The molecule has 0 bridgehead atoms. The zero-order chi connectivity index (χ0) is 21.8. The van der Waals surface area contributed by atoms with Crippen molar-refractivity contribution in [3.05, 3.63) is 88.7 Å². The zero-order valence-electron chi connectivity index (χ0n) is 14.5. The first kappa shape index (κ1) is 20.1. The van der Waals surface area contributed by atoms with Gasteiger partial charge in [-0.15, -0.1) is 0 Å². The van der Waals surface area contributed by atoms with Crippen LogP contribution in [0.4, 0.5) is 22.0 Å². The summed E-state index contributed by atoms with van der Waals surface area (Å²) in [6.07, 6.45) is 0. The highest BCUT2D eigenvalue weighted by Crippen LogP contribution is 2.50. The molecule has 1 aliphatic heterocycles. The van der Waals surface area contributed by atoms with Crippen LogP contribution in [0, 0.1) is 29.1 Å². The quantitative estimate of drug-likeness (QED) is 0.482. The van der Waals surface area contributed by atoms with Crippen LogP contribution in [-0.4, -0.2) is 13.0 Å². The summed E-state index contributed by atoms with van der Waals surface area (Å²) < 4.78 is 113. The maximum atomic E-state index is 14.6. The Morgan fingerprint density at radius 3 is 1.60 bits per heavy atom. The van der Waals surface area contributed by atoms with E-state index in [4.69, 9.17) is 14.0 Å². The molecule has 11 heteroatoms. The van der Waals surface area contributed by atoms with Crippen LogP contribution < -0.4 is 9.47 Å². The second-order valence-corrected chi connectivity index (χ2v) is 7.66. The smallest absolute Gasteiger partial charge is 0.311 e. The van der Waals surface area contributed by atoms with Crippen LogP contribution in [0.15, 0.2) is 53.4 Å². The summed E-state index contributed by atoms with van der Waals surface area (Å²) in [6.45, 7) is 0. The standard InChI is InChI=1S/C19H9F5O5S/c20-9-1-3-11(13(22)5-9)19(12-4-2-10(21)6-14(12)23)28-16-7-15(24)18(30(25,26)27)8-17(16)29-19/h1-8H,(H,25,26,27). The Balaban J connectivity index is 1.98. The summed E-state index contributed by atoms with van der Waals surface area (Å²) in [5, 5.41) is 0. The van der Waals surface area contributed by atoms with Gasteiger partial charge >= 0.3 is 5.79 Å². The molecule has 156 valence electrons. The fraction of sp³-hybridized carbons (Fsp3) is 0.0526. The maximum Gasteiger partial charge on any atom is 0.311 e. The summed E-state index contributed by atoms with van der Waals surface area (Å²) in [5.74, 6) is -9.30. The van der Waals surface area contributed by atoms with Gasteiger partial charge in [0.05, 0.1) is 11.1 Å². The molecule has 1 aliphatic rings. The highest BCUT2D eigenvalue weighted by Gasteiger charge is 2.50. The Morgan fingerprint density at radius 1 is 0.700 bits per heavy atom. The highest BCUT2D eigenvalue weighted by atomic mass is 32.2. The van der Waals surface area contributed by atoms with Gasteiger partial charge in [0.2, 0.25) is 0 Å². The van der Waals surface area contributed by atoms with Crippen LogP contribution >= 0.6 is 0 Å². The number of hydrogen-bond donors (Lipinski definition) is 1. The summed E-state index contributed by atoms with van der Waals surface area (Å²) in [5.41, 5.74) is -1.11. The Bertz CT molecular complexity index is 1240. The van der Waals surface area contributed by atoms with Gasteiger partial charge in [0, 0.05) is 24.3 Å². The van der Waals surface area contributed by atoms with Gasteiger partial charge in [-0.1, -0.05) is 0 Å². The molecule has 0 atom stereocenters. The molecule has 0 saturated carbocycles. The van der Waals surface area contributed by atoms with Gasteiger partial charge in [0.25, 0.3) is 10.1 Å². The number of fused-ring (bicyclic) bond motifs is 1. The van der Waals surface area contributed by atoms with Gasteiger partial charge < -0.3 is 9.47 Å². The van der Waals surface area contributed by atoms with Crippen LogP contribution in [0.3, 0.4) is 0 Å². The summed E-state index contributed by atoms with van der Waals surface area (Å²) in [4.78, 5) is -1.17. The molecule has 0 fully saturated rings. The van der Waals surface area contributed by atoms with Crippen molar-refractivity contribution in [3.8, 4) is 11.5 Å². The Morgan fingerprint density at radius 2 is 1.17 bits per heavy atom. The number of halogens is 5. The molecule has 0 saturated heterocycles. The summed E-state index contributed by atoms with van der Waals surface area (Å²) >= 11 is 0. The molecule has 1 heterocycles. The predicted molar refractivity (Wildman–Crippen MR) is 91.0 cm³/mol. The third-order valence-electron chi connectivity index (χ3n) is 4.35. The van der Waals surface area contributed by atoms with Crippen LogP contribution in [-0.2, 0) is 15.9 Å². The molecule has 30 heavy (non-hydrogen) atoms. The molecule has 0 amide bonds. The van der Waals surface area contributed by atoms with Crippen molar-refractivity contribution < 1.29 is 44.4 Å². The lowest BCUT2D eigenvalue weighted by Gasteiger charge is -2.29. The SMILES string of the molecule is O=S(=O)(O)c1cc2c(cc1F)OC(c1ccc(F)cc1F)(c1ccc(F)cc1F)O2. The average Bonchev–Trinajstić information content (AvgIpc) is 2.98. The minimum atomic E-state index is -5.01. The number of rotatable bonds is 3. The van der Waals surface area contributed by atoms with Crippen molar-refractivity contribution in [2.75, 3.05) is 0 Å². The fourth-order valence-corrected chi connectivity index (χ4v) is 3.64. The summed E-state index contributed by atoms with van der Waals surface area (Å²) in [7, 11) is -5.01. The van der Waals surface area contributed by atoms with Crippen molar-refractivity contribution in [1.29, 1.82) is 0 Å². The Labute approximate surface area is 166 Å². The number of hydrogen-bond acceptors (Lipinski definition) is 4. The molecule has 3 aromatic rings. The van der Waals surface area contributed by atoms with Crippen molar-refractivity contribution in [2.24, 2.45) is 0 Å². The lowest BCUT2D eigenvalue weighted by atomic mass is 9.96. The van der Waals surface area contributed by atoms with Gasteiger partial charge in [-0.25, -0.2) is 22.0 Å². The second-order valence-electron chi connectivity index (χ2n) is 6.27. The first-order valence-corrected chi connectivity index (χ1v) is 9.55. The Kier molecular flexibility index (Phi) is 4.47. The maximum absolute atomic E-state index is 14.6. The van der Waals surface area contributed by atoms with Crippen LogP contribution in [0.1, 0.15) is 11.1 Å². The topological polar surface area (TPSA) is 72.8 Å². The van der Waals surface area contributed by atoms with Gasteiger partial charge in [0.15, 0.2) is 11.5 Å². The molecule has 0 spiro atoms. The van der Waals surface area contributed by atoms with Crippen LogP contribution in [0.25, 0.3) is 0 Å². The monoisotopic (exact) mass is 444 g/mol. The van der Waals surface area contributed by atoms with E-state index in [1.54, 1.807) is 0 Å². The predicted octanol–water partition coefficient (Wildman–Crippen LogP) is 4.30. The molecule has 1 N–H and O–H groups in total. The van der Waals surface area contributed by atoms with Crippen molar-refractivity contribution in [2.45, 2.75) is 10.7 Å². The van der Waals surface area contributed by atoms with Gasteiger partial charge in [-0.3, -0.25) is 4.55 Å². The van der Waals surface area contributed by atoms with E-state index in [1.807, 2.05) is 0 Å². The molecule has 3 aromatic carbocycles. The first-order chi connectivity index (χ1) is 14.0. The Hall–Kier alpha value is -3.18. The van der Waals surface area contributed by atoms with Crippen LogP contribution in [0.2, 0.25) is 0 Å². The minimum absolute atomic E-state index is 0.457. The van der Waals surface area contributed by atoms with Crippen LogP contribution in [0.5, 0.6) is 11.5 Å². The molecular weight excluding hydrogens is 435 g/mol. The normalized spacial score (nSPS) is 14.7. The molecule has 4 rings (SSSR count). The van der Waals surface area contributed by atoms with Gasteiger partial charge in [0.1, 0.15) is 34.0 Å². The average molecular weight is 444 g/mol. The lowest BCUT2D eigenvalue weighted by Crippen LogP contribution is -2.39. The van der Waals surface area contributed by atoms with E-state index >= 15 is 0 Å². The third-order valence-corrected chi connectivity index (χ3v) is 5.22. The summed E-state index contributed by atoms with van der Waals surface area (Å²) in [6, 6.07) is 5.40. The molecule has 0 unspecified atom stereocenters. The van der Waals surface area contributed by atoms with E-state index in [0.717, 1.165) is 24.3 Å². The zero-order valence-corrected chi connectivity index (χ0v) is 15.3. The van der Waals surface area contributed by atoms with E-state index in [-0.39, 0.29) is 0 Å². The molecule has 0 aromatic heterocycles.